The molecule has 0 unspecified atom stereocenters. The van der Waals surface area contributed by atoms with Crippen molar-refractivity contribution in [1.82, 2.24) is 14.1 Å². The van der Waals surface area contributed by atoms with Crippen LogP contribution in [0.15, 0.2) is 47.3 Å². The van der Waals surface area contributed by atoms with Crippen LogP contribution in [0.1, 0.15) is 26.3 Å². The number of nitrogens with zero attached hydrogens (tertiary/aromatic N) is 3. The van der Waals surface area contributed by atoms with Gasteiger partial charge in [0, 0.05) is 0 Å². The van der Waals surface area contributed by atoms with Gasteiger partial charge in [0.1, 0.15) is 0 Å². The molecule has 1 heterocycles. The van der Waals surface area contributed by atoms with Crippen LogP contribution < -0.4 is 15.7 Å². The molecule has 11 heteroatoms. The third kappa shape index (κ3) is 6.89. The molecule has 0 saturated carbocycles. The van der Waals surface area contributed by atoms with Crippen LogP contribution in [-0.2, 0) is 42.0 Å². The van der Waals surface area contributed by atoms with Gasteiger partial charge in [-0.1, -0.05) is 0 Å². The summed E-state index contributed by atoms with van der Waals surface area (Å²) in [4.78, 5) is 29.1. The summed E-state index contributed by atoms with van der Waals surface area (Å²) >= 11 is 7.69. The van der Waals surface area contributed by atoms with Crippen molar-refractivity contribution in [1.29, 1.82) is 0 Å². The van der Waals surface area contributed by atoms with E-state index in [-0.39, 0.29) is 24.3 Å². The van der Waals surface area contributed by atoms with Gasteiger partial charge in [0.15, 0.2) is 0 Å². The Bertz CT molecular complexity index is 1320. The SMILES string of the molecule is COC(=O)[C@H](C)Cn1c(=O)nc(Nc2ccc(OC(C)C)c(F)c2)n(Cc2ccc(Cl)cc2)[c]1=[Mo]. The van der Waals surface area contributed by atoms with E-state index in [9.17, 15) is 14.0 Å². The van der Waals surface area contributed by atoms with Crippen LogP contribution in [0.3, 0.4) is 0 Å². The third-order valence-electron chi connectivity index (χ3n) is 5.01. The monoisotopic (exact) mass is 586 g/mol. The number of carbonyl (C=O) groups is 1. The summed E-state index contributed by atoms with van der Waals surface area (Å²) in [6.07, 6.45) is -0.172. The van der Waals surface area contributed by atoms with Crippen LogP contribution >= 0.6 is 11.6 Å². The molecule has 0 fully saturated rings. The van der Waals surface area contributed by atoms with E-state index in [0.717, 1.165) is 5.56 Å². The molecule has 8 nitrogen and oxygen atoms in total. The summed E-state index contributed by atoms with van der Waals surface area (Å²) in [6.45, 7) is 5.76. The molecule has 0 aliphatic carbocycles. The number of hydrogen-bond acceptors (Lipinski definition) is 6. The van der Waals surface area contributed by atoms with Crippen molar-refractivity contribution in [2.45, 2.75) is 40.0 Å². The quantitative estimate of drug-likeness (QED) is 0.298. The molecular weight excluding hydrogens is 559 g/mol. The summed E-state index contributed by atoms with van der Waals surface area (Å²) < 4.78 is 28.6. The topological polar surface area (TPSA) is 87.4 Å². The average Bonchev–Trinajstić information content (AvgIpc) is 2.81. The van der Waals surface area contributed by atoms with Crippen LogP contribution in [-0.4, -0.2) is 33.3 Å². The molecule has 186 valence electrons. The van der Waals surface area contributed by atoms with E-state index in [1.54, 1.807) is 49.0 Å². The van der Waals surface area contributed by atoms with E-state index >= 15 is 0 Å². The average molecular weight is 585 g/mol. The number of ether oxygens (including phenoxy) is 2. The molecular formula is C24H26ClFMoN4O4. The predicted molar refractivity (Wildman–Crippen MR) is 127 cm³/mol. The first kappa shape index (κ1) is 26.8. The second-order valence-corrected chi connectivity index (χ2v) is 9.52. The molecule has 1 aromatic heterocycles. The van der Waals surface area contributed by atoms with Crippen molar-refractivity contribution in [2.24, 2.45) is 5.92 Å². The molecule has 0 saturated heterocycles. The molecule has 35 heavy (non-hydrogen) atoms. The van der Waals surface area contributed by atoms with E-state index < -0.39 is 23.4 Å². The van der Waals surface area contributed by atoms with Gasteiger partial charge in [-0.05, 0) is 0 Å². The minimum atomic E-state index is -0.551. The zero-order valence-corrected chi connectivity index (χ0v) is 22.5. The van der Waals surface area contributed by atoms with E-state index in [4.69, 9.17) is 21.1 Å². The fraction of sp³-hybridized carbons (Fsp3) is 0.333. The minimum absolute atomic E-state index is 0.101. The Morgan fingerprint density at radius 2 is 1.86 bits per heavy atom. The Kier molecular flexibility index (Phi) is 9.02. The van der Waals surface area contributed by atoms with E-state index in [2.05, 4.69) is 10.3 Å². The third-order valence-corrected chi connectivity index (χ3v) is 6.35. The molecule has 3 aromatic rings. The van der Waals surface area contributed by atoms with Gasteiger partial charge in [-0.15, -0.1) is 0 Å². The number of rotatable bonds is 9. The van der Waals surface area contributed by atoms with Crippen molar-refractivity contribution in [3.8, 4) is 5.75 Å². The van der Waals surface area contributed by atoms with Crippen molar-refractivity contribution in [3.63, 3.8) is 0 Å². The molecule has 0 spiro atoms. The number of esters is 1. The Labute approximate surface area is 218 Å². The van der Waals surface area contributed by atoms with Crippen LogP contribution in [0.2, 0.25) is 5.02 Å². The molecule has 0 aliphatic heterocycles. The van der Waals surface area contributed by atoms with Gasteiger partial charge in [-0.2, -0.15) is 0 Å². The molecule has 2 aromatic carbocycles. The maximum absolute atomic E-state index is 14.6. The van der Waals surface area contributed by atoms with Crippen LogP contribution in [0.25, 0.3) is 0 Å². The van der Waals surface area contributed by atoms with Crippen LogP contribution in [0.5, 0.6) is 5.75 Å². The van der Waals surface area contributed by atoms with Crippen molar-refractivity contribution >= 4 is 29.2 Å². The van der Waals surface area contributed by atoms with Gasteiger partial charge in [0.25, 0.3) is 0 Å². The molecule has 0 radical (unpaired) electrons. The van der Waals surface area contributed by atoms with E-state index in [0.29, 0.717) is 21.1 Å². The Hall–Kier alpha value is -2.77. The maximum atomic E-state index is 14.6. The van der Waals surface area contributed by atoms with Crippen molar-refractivity contribution in [3.05, 3.63) is 73.2 Å². The van der Waals surface area contributed by atoms with Gasteiger partial charge < -0.3 is 0 Å². The number of hydrogen-bond donors (Lipinski definition) is 1. The number of halogens is 2. The van der Waals surface area contributed by atoms with Crippen LogP contribution in [0.4, 0.5) is 16.0 Å². The van der Waals surface area contributed by atoms with Gasteiger partial charge in [-0.3, -0.25) is 0 Å². The van der Waals surface area contributed by atoms with E-state index in [1.165, 1.54) is 23.8 Å². The van der Waals surface area contributed by atoms with Gasteiger partial charge in [0.2, 0.25) is 0 Å². The van der Waals surface area contributed by atoms with E-state index in [1.807, 2.05) is 26.0 Å². The Balaban J connectivity index is 2.04. The number of carbonyl (C=O) groups excluding carboxylic acids is 1. The summed E-state index contributed by atoms with van der Waals surface area (Å²) in [5.41, 5.74) is 0.764. The number of anilines is 2. The fourth-order valence-corrected chi connectivity index (χ4v) is 4.18. The van der Waals surface area contributed by atoms with Gasteiger partial charge >= 0.3 is 219 Å². The predicted octanol–water partition coefficient (Wildman–Crippen LogP) is 4.30. The molecule has 3 rings (SSSR count). The normalized spacial score (nSPS) is 11.9. The second kappa shape index (κ2) is 11.8. The van der Waals surface area contributed by atoms with Gasteiger partial charge in [-0.25, -0.2) is 0 Å². The van der Waals surface area contributed by atoms with Gasteiger partial charge in [0.05, 0.1) is 0 Å². The Morgan fingerprint density at radius 1 is 1.17 bits per heavy atom. The van der Waals surface area contributed by atoms with Crippen molar-refractivity contribution in [2.75, 3.05) is 12.4 Å². The molecule has 1 N–H and O–H groups in total. The zero-order valence-electron chi connectivity index (χ0n) is 19.7. The molecule has 0 aliphatic rings. The first-order chi connectivity index (χ1) is 16.6. The molecule has 0 bridgehead atoms. The standard InChI is InChI=1S/C24H26ClFN4O4.Mo/c1-15(2)34-21-10-9-19(11-20(21)26)27-23-28-24(32)30(12-16(3)22(31)33-4)14-29(23)13-17-5-7-18(25)8-6-17;/h5-11,15-16H,12-13H2,1-4H3,(H,27,28,32);/t16-;/m1./s1. The molecule has 0 amide bonds. The number of methoxy groups -OCH3 is 1. The Morgan fingerprint density at radius 3 is 2.46 bits per heavy atom. The summed E-state index contributed by atoms with van der Waals surface area (Å²) in [5, 5.41) is 3.65. The first-order valence-electron chi connectivity index (χ1n) is 10.9. The summed E-state index contributed by atoms with van der Waals surface area (Å²) in [7, 11) is 1.30. The number of nitrogens with one attached hydrogen (secondary N) is 1. The first-order valence-corrected chi connectivity index (χ1v) is 12.2. The molecule has 1 atom stereocenters. The number of benzene rings is 2. The zero-order chi connectivity index (χ0) is 25.7. The second-order valence-electron chi connectivity index (χ2n) is 8.18. The summed E-state index contributed by atoms with van der Waals surface area (Å²) in [5.74, 6) is -1.15. The van der Waals surface area contributed by atoms with Crippen molar-refractivity contribution < 1.29 is 38.0 Å². The summed E-state index contributed by atoms with van der Waals surface area (Å²) in [6, 6.07) is 11.7. The fourth-order valence-electron chi connectivity index (χ4n) is 3.30. The van der Waals surface area contributed by atoms with Crippen LogP contribution in [0, 0.1) is 15.5 Å². The number of aromatic nitrogens is 3.